The van der Waals surface area contributed by atoms with Crippen molar-refractivity contribution in [3.63, 3.8) is 0 Å². The second-order valence-corrected chi connectivity index (χ2v) is 12.6. The molecule has 0 radical (unpaired) electrons. The summed E-state index contributed by atoms with van der Waals surface area (Å²) in [6, 6.07) is 10.7. The quantitative estimate of drug-likeness (QED) is 0.340. The molecule has 3 fully saturated rings. The van der Waals surface area contributed by atoms with Gasteiger partial charge in [-0.05, 0) is 94.1 Å². The first-order valence-electron chi connectivity index (χ1n) is 13.0. The van der Waals surface area contributed by atoms with E-state index in [0.717, 1.165) is 36.5 Å². The molecular formula is C28H37FN4O3S. The number of piperidine rings is 1. The third-order valence-corrected chi connectivity index (χ3v) is 8.79. The van der Waals surface area contributed by atoms with Crippen LogP contribution in [0.25, 0.3) is 0 Å². The van der Waals surface area contributed by atoms with Gasteiger partial charge in [0.05, 0.1) is 53.5 Å². The zero-order valence-electron chi connectivity index (χ0n) is 21.8. The van der Waals surface area contributed by atoms with Crippen LogP contribution in [-0.2, 0) is 4.74 Å². The van der Waals surface area contributed by atoms with Gasteiger partial charge in [-0.15, -0.1) is 0 Å². The van der Waals surface area contributed by atoms with E-state index in [1.54, 1.807) is 44.0 Å². The summed E-state index contributed by atoms with van der Waals surface area (Å²) in [7, 11) is 0. The molecule has 3 aliphatic rings. The minimum Gasteiger partial charge on any atom is -0.394 e. The third kappa shape index (κ3) is 5.90. The van der Waals surface area contributed by atoms with Crippen LogP contribution in [0.4, 0.5) is 21.5 Å². The second kappa shape index (κ2) is 10.1. The Morgan fingerprint density at radius 1 is 1.14 bits per heavy atom. The van der Waals surface area contributed by atoms with Gasteiger partial charge >= 0.3 is 0 Å². The van der Waals surface area contributed by atoms with Gasteiger partial charge in [0.1, 0.15) is 0 Å². The van der Waals surface area contributed by atoms with Gasteiger partial charge in [-0.3, -0.25) is 4.79 Å². The smallest absolute Gasteiger partial charge is 0.257 e. The molecule has 7 nitrogen and oxygen atoms in total. The number of nitrogens with zero attached hydrogens (tertiary/aromatic N) is 1. The topological polar surface area (TPSA) is 85.9 Å². The van der Waals surface area contributed by atoms with Crippen molar-refractivity contribution >= 4 is 34.9 Å². The molecule has 2 aromatic carbocycles. The number of aliphatic hydroxyl groups is 1. The zero-order chi connectivity index (χ0) is 26.3. The van der Waals surface area contributed by atoms with E-state index in [9.17, 15) is 9.90 Å². The fourth-order valence-corrected chi connectivity index (χ4v) is 5.68. The number of ether oxygens (including phenoxy) is 1. The fourth-order valence-electron chi connectivity index (χ4n) is 4.90. The molecule has 0 atom stereocenters. The molecule has 0 aromatic heterocycles. The van der Waals surface area contributed by atoms with Crippen LogP contribution < -0.4 is 20.3 Å². The highest BCUT2D eigenvalue weighted by Gasteiger charge is 2.44. The van der Waals surface area contributed by atoms with Crippen molar-refractivity contribution in [2.24, 2.45) is 5.41 Å². The van der Waals surface area contributed by atoms with Crippen molar-refractivity contribution in [1.82, 2.24) is 4.72 Å². The van der Waals surface area contributed by atoms with E-state index >= 15 is 4.39 Å². The van der Waals surface area contributed by atoms with Gasteiger partial charge in [-0.1, -0.05) is 6.07 Å². The number of carbonyl (C=O) groups is 1. The Morgan fingerprint density at radius 2 is 1.84 bits per heavy atom. The van der Waals surface area contributed by atoms with Crippen molar-refractivity contribution < 1.29 is 19.0 Å². The maximum absolute atomic E-state index is 15.3. The van der Waals surface area contributed by atoms with Crippen LogP contribution in [0.5, 0.6) is 0 Å². The lowest BCUT2D eigenvalue weighted by Gasteiger charge is -2.38. The first-order valence-corrected chi connectivity index (χ1v) is 13.8. The van der Waals surface area contributed by atoms with Gasteiger partial charge in [0.25, 0.3) is 5.91 Å². The maximum Gasteiger partial charge on any atom is 0.257 e. The van der Waals surface area contributed by atoms with Crippen LogP contribution >= 0.6 is 11.9 Å². The lowest BCUT2D eigenvalue weighted by Crippen LogP contribution is -2.55. The number of anilines is 3. The molecule has 200 valence electrons. The molecule has 2 saturated heterocycles. The first-order chi connectivity index (χ1) is 17.6. The summed E-state index contributed by atoms with van der Waals surface area (Å²) in [5, 5.41) is 15.3. The first kappa shape index (κ1) is 26.3. The molecule has 2 aliphatic heterocycles. The molecule has 5 rings (SSSR count). The van der Waals surface area contributed by atoms with Gasteiger partial charge in [-0.25, -0.2) is 9.11 Å². The Kier molecular flexibility index (Phi) is 7.17. The number of halogens is 1. The van der Waals surface area contributed by atoms with Crippen LogP contribution in [0.15, 0.2) is 41.3 Å². The number of nitrogens with one attached hydrogen (secondary N) is 3. The van der Waals surface area contributed by atoms with Crippen LogP contribution in [0.3, 0.4) is 0 Å². The van der Waals surface area contributed by atoms with E-state index in [4.69, 9.17) is 4.74 Å². The largest absolute Gasteiger partial charge is 0.394 e. The van der Waals surface area contributed by atoms with Crippen LogP contribution in [0.2, 0.25) is 0 Å². The highest BCUT2D eigenvalue weighted by atomic mass is 32.2. The Labute approximate surface area is 222 Å². The van der Waals surface area contributed by atoms with E-state index < -0.39 is 11.4 Å². The van der Waals surface area contributed by atoms with E-state index in [2.05, 4.69) is 33.2 Å². The highest BCUT2D eigenvalue weighted by molar-refractivity contribution is 7.97. The molecule has 4 N–H and O–H groups in total. The molecule has 37 heavy (non-hydrogen) atoms. The average Bonchev–Trinajstić information content (AvgIpc) is 3.62. The predicted molar refractivity (Wildman–Crippen MR) is 147 cm³/mol. The van der Waals surface area contributed by atoms with Crippen molar-refractivity contribution in [2.45, 2.75) is 62.4 Å². The number of hydrogen-bond acceptors (Lipinski definition) is 7. The second-order valence-electron chi connectivity index (χ2n) is 11.7. The molecule has 2 heterocycles. The van der Waals surface area contributed by atoms with Crippen LogP contribution in [0.1, 0.15) is 56.8 Å². The van der Waals surface area contributed by atoms with Gasteiger partial charge in [-0.2, -0.15) is 0 Å². The summed E-state index contributed by atoms with van der Waals surface area (Å²) >= 11 is 1.55. The van der Waals surface area contributed by atoms with Gasteiger partial charge in [0, 0.05) is 18.0 Å². The summed E-state index contributed by atoms with van der Waals surface area (Å²) in [5.74, 6) is -0.900. The summed E-state index contributed by atoms with van der Waals surface area (Å²) in [6.45, 7) is 8.71. The Bertz CT molecular complexity index is 1160. The molecular weight excluding hydrogens is 491 g/mol. The number of rotatable bonds is 9. The molecule has 9 heteroatoms. The fraction of sp³-hybridized carbons (Fsp3) is 0.536. The molecule has 1 aliphatic carbocycles. The monoisotopic (exact) mass is 528 g/mol. The third-order valence-electron chi connectivity index (χ3n) is 7.71. The minimum atomic E-state index is -0.700. The van der Waals surface area contributed by atoms with Gasteiger partial charge in [0.15, 0.2) is 5.82 Å². The predicted octanol–water partition coefficient (Wildman–Crippen LogP) is 5.03. The van der Waals surface area contributed by atoms with E-state index in [0.29, 0.717) is 24.2 Å². The SMILES string of the molecule is CC(C)(CO)Nc1cccc(NC(=O)c2ccc(SNC3(C)COC3)cc2N2CCC3(CC2)CC3)c1F. The van der Waals surface area contributed by atoms with E-state index in [1.807, 2.05) is 12.1 Å². The van der Waals surface area contributed by atoms with E-state index in [-0.39, 0.29) is 29.4 Å². The van der Waals surface area contributed by atoms with Crippen molar-refractivity contribution in [3.05, 3.63) is 47.8 Å². The minimum absolute atomic E-state index is 0.0501. The summed E-state index contributed by atoms with van der Waals surface area (Å²) in [4.78, 5) is 16.8. The molecule has 1 spiro atoms. The summed E-state index contributed by atoms with van der Waals surface area (Å²) in [5.41, 5.74) is 1.51. The summed E-state index contributed by atoms with van der Waals surface area (Å²) in [6.07, 6.45) is 4.90. The summed E-state index contributed by atoms with van der Waals surface area (Å²) < 4.78 is 24.1. The van der Waals surface area contributed by atoms with Gasteiger partial charge < -0.3 is 25.4 Å². The lowest BCUT2D eigenvalue weighted by molar-refractivity contribution is -0.0510. The molecule has 0 bridgehead atoms. The zero-order valence-corrected chi connectivity index (χ0v) is 22.6. The van der Waals surface area contributed by atoms with Crippen molar-refractivity contribution in [2.75, 3.05) is 48.4 Å². The normalized spacial score (nSPS) is 19.9. The molecule has 1 saturated carbocycles. The Hall–Kier alpha value is -2.33. The van der Waals surface area contributed by atoms with Crippen molar-refractivity contribution in [1.29, 1.82) is 0 Å². The van der Waals surface area contributed by atoms with E-state index in [1.165, 1.54) is 12.8 Å². The standard InChI is InChI=1S/C28H37FN4O3S/c1-26(2,16-34)31-22-6-4-5-21(24(22)29)30-25(35)20-8-7-19(37-32-27(3)17-36-18-27)15-23(20)33-13-11-28(9-10-28)12-14-33/h4-8,15,31-32,34H,9-14,16-18H2,1-3H3,(H,30,35). The average molecular weight is 529 g/mol. The number of carbonyl (C=O) groups excluding carboxylic acids is 1. The maximum atomic E-state index is 15.3. The Morgan fingerprint density at radius 3 is 2.46 bits per heavy atom. The number of benzene rings is 2. The molecule has 0 unspecified atom stereocenters. The van der Waals surface area contributed by atoms with Crippen molar-refractivity contribution in [3.8, 4) is 0 Å². The number of aliphatic hydroxyl groups excluding tert-OH is 1. The van der Waals surface area contributed by atoms with Crippen LogP contribution in [-0.4, -0.2) is 55.0 Å². The number of amides is 1. The lowest BCUT2D eigenvalue weighted by atomic mass is 9.93. The van der Waals surface area contributed by atoms with Gasteiger partial charge in [0.2, 0.25) is 0 Å². The number of hydrogen-bond donors (Lipinski definition) is 4. The molecule has 1 amide bonds. The highest BCUT2D eigenvalue weighted by Crippen LogP contribution is 2.54. The molecule has 2 aromatic rings. The Balaban J connectivity index is 1.37. The van der Waals surface area contributed by atoms with Crippen LogP contribution in [0, 0.1) is 11.2 Å².